The van der Waals surface area contributed by atoms with Crippen molar-refractivity contribution in [1.82, 2.24) is 0 Å². The van der Waals surface area contributed by atoms with Crippen LogP contribution < -0.4 is 0 Å². The summed E-state index contributed by atoms with van der Waals surface area (Å²) in [7, 11) is 0. The molecule has 1 heterocycles. The van der Waals surface area contributed by atoms with E-state index in [2.05, 4.69) is 6.92 Å². The molecule has 1 fully saturated rings. The zero-order valence-electron chi connectivity index (χ0n) is 12.1. The normalized spacial score (nSPS) is 38.1. The Morgan fingerprint density at radius 2 is 1.55 bits per heavy atom. The summed E-state index contributed by atoms with van der Waals surface area (Å²) in [4.78, 5) is 0. The van der Waals surface area contributed by atoms with Gasteiger partial charge < -0.3 is 30.3 Å². The van der Waals surface area contributed by atoms with Crippen LogP contribution in [0, 0.1) is 0 Å². The average molecular weight is 292 g/mol. The summed E-state index contributed by atoms with van der Waals surface area (Å²) in [5, 5.41) is 48.9. The molecular weight excluding hydrogens is 264 g/mol. The van der Waals surface area contributed by atoms with Crippen molar-refractivity contribution in [3.8, 4) is 0 Å². The van der Waals surface area contributed by atoms with Gasteiger partial charge in [-0.25, -0.2) is 0 Å². The van der Waals surface area contributed by atoms with E-state index in [1.807, 2.05) is 0 Å². The second-order valence-corrected chi connectivity index (χ2v) is 5.65. The molecule has 1 rings (SSSR count). The summed E-state index contributed by atoms with van der Waals surface area (Å²) >= 11 is 0. The van der Waals surface area contributed by atoms with E-state index >= 15 is 0 Å². The van der Waals surface area contributed by atoms with Crippen LogP contribution >= 0.6 is 0 Å². The molecular formula is C14H28O6. The average Bonchev–Trinajstić information content (AvgIpc) is 2.45. The third-order valence-electron chi connectivity index (χ3n) is 4.07. The van der Waals surface area contributed by atoms with E-state index in [1.54, 1.807) is 0 Å². The summed E-state index contributed by atoms with van der Waals surface area (Å²) in [5.41, 5.74) is -1.84. The molecule has 6 heteroatoms. The van der Waals surface area contributed by atoms with E-state index in [-0.39, 0.29) is 6.42 Å². The van der Waals surface area contributed by atoms with E-state index in [1.165, 1.54) is 6.42 Å². The number of aliphatic hydroxyl groups excluding tert-OH is 4. The van der Waals surface area contributed by atoms with Gasteiger partial charge in [-0.3, -0.25) is 0 Å². The maximum absolute atomic E-state index is 10.4. The molecule has 1 aliphatic heterocycles. The Hall–Kier alpha value is -0.240. The minimum atomic E-state index is -1.84. The monoisotopic (exact) mass is 292 g/mol. The lowest BCUT2D eigenvalue weighted by molar-refractivity contribution is -0.323. The fourth-order valence-corrected chi connectivity index (χ4v) is 2.70. The van der Waals surface area contributed by atoms with Gasteiger partial charge in [0.1, 0.15) is 23.9 Å². The van der Waals surface area contributed by atoms with Crippen LogP contribution in [0.1, 0.15) is 51.9 Å². The number of hydrogen-bond acceptors (Lipinski definition) is 6. The first kappa shape index (κ1) is 17.8. The van der Waals surface area contributed by atoms with Gasteiger partial charge in [0.25, 0.3) is 0 Å². The summed E-state index contributed by atoms with van der Waals surface area (Å²) < 4.78 is 4.86. The Morgan fingerprint density at radius 1 is 0.950 bits per heavy atom. The van der Waals surface area contributed by atoms with Crippen LogP contribution in [0.3, 0.4) is 0 Å². The molecule has 0 aromatic carbocycles. The zero-order chi connectivity index (χ0) is 15.2. The fraction of sp³-hybridized carbons (Fsp3) is 1.00. The van der Waals surface area contributed by atoms with Crippen LogP contribution in [-0.2, 0) is 4.74 Å². The standard InChI is InChI=1S/C14H28O6/c1-2-3-4-5-6-7-8-14(19)11(16)10(9-15)20-13(18)12(14)17/h10-13,15-19H,2-9H2,1H3/t10-,11-,12+,13+,14+/m1/s1. The van der Waals surface area contributed by atoms with E-state index in [4.69, 9.17) is 9.84 Å². The van der Waals surface area contributed by atoms with Gasteiger partial charge in [0, 0.05) is 0 Å². The smallest absolute Gasteiger partial charge is 0.184 e. The Morgan fingerprint density at radius 3 is 2.15 bits per heavy atom. The molecule has 120 valence electrons. The van der Waals surface area contributed by atoms with Crippen molar-refractivity contribution in [2.45, 2.75) is 82.1 Å². The largest absolute Gasteiger partial charge is 0.394 e. The lowest BCUT2D eigenvalue weighted by Crippen LogP contribution is -2.67. The molecule has 0 saturated carbocycles. The molecule has 0 unspecified atom stereocenters. The second kappa shape index (κ2) is 8.26. The molecule has 5 N–H and O–H groups in total. The quantitative estimate of drug-likeness (QED) is 0.400. The highest BCUT2D eigenvalue weighted by molar-refractivity contribution is 5.01. The highest BCUT2D eigenvalue weighted by Crippen LogP contribution is 2.33. The van der Waals surface area contributed by atoms with Crippen LogP contribution in [0.15, 0.2) is 0 Å². The van der Waals surface area contributed by atoms with Crippen LogP contribution in [0.25, 0.3) is 0 Å². The second-order valence-electron chi connectivity index (χ2n) is 5.65. The lowest BCUT2D eigenvalue weighted by atomic mass is 9.80. The van der Waals surface area contributed by atoms with Gasteiger partial charge in [-0.2, -0.15) is 0 Å². The molecule has 6 nitrogen and oxygen atoms in total. The van der Waals surface area contributed by atoms with Gasteiger partial charge >= 0.3 is 0 Å². The number of aliphatic hydroxyl groups is 5. The first-order chi connectivity index (χ1) is 9.47. The van der Waals surface area contributed by atoms with Crippen LogP contribution in [0.4, 0.5) is 0 Å². The Labute approximate surface area is 120 Å². The number of ether oxygens (including phenoxy) is 1. The molecule has 0 aromatic rings. The molecule has 1 aliphatic rings. The first-order valence-corrected chi connectivity index (χ1v) is 7.50. The lowest BCUT2D eigenvalue weighted by Gasteiger charge is -2.46. The minimum Gasteiger partial charge on any atom is -0.394 e. The molecule has 0 spiro atoms. The highest BCUT2D eigenvalue weighted by atomic mass is 16.6. The summed E-state index contributed by atoms with van der Waals surface area (Å²) in [6.45, 7) is 1.61. The van der Waals surface area contributed by atoms with Crippen molar-refractivity contribution < 1.29 is 30.3 Å². The predicted octanol–water partition coefficient (Wildman–Crippen LogP) is -0.101. The third kappa shape index (κ3) is 4.13. The van der Waals surface area contributed by atoms with Gasteiger partial charge in [0.15, 0.2) is 6.29 Å². The number of hydrogen-bond donors (Lipinski definition) is 5. The zero-order valence-corrected chi connectivity index (χ0v) is 12.1. The predicted molar refractivity (Wildman–Crippen MR) is 72.9 cm³/mol. The van der Waals surface area contributed by atoms with E-state index in [0.29, 0.717) is 6.42 Å². The number of unbranched alkanes of at least 4 members (excludes halogenated alkanes) is 5. The Bertz CT molecular complexity index is 274. The minimum absolute atomic E-state index is 0.165. The van der Waals surface area contributed by atoms with Crippen LogP contribution in [-0.4, -0.2) is 62.3 Å². The van der Waals surface area contributed by atoms with Gasteiger partial charge in [-0.1, -0.05) is 45.4 Å². The molecule has 0 aliphatic carbocycles. The van der Waals surface area contributed by atoms with Gasteiger partial charge in [0.2, 0.25) is 0 Å². The fourth-order valence-electron chi connectivity index (χ4n) is 2.70. The van der Waals surface area contributed by atoms with E-state index < -0.39 is 36.8 Å². The van der Waals surface area contributed by atoms with E-state index in [0.717, 1.165) is 25.7 Å². The van der Waals surface area contributed by atoms with Crippen LogP contribution in [0.2, 0.25) is 0 Å². The van der Waals surface area contributed by atoms with Crippen molar-refractivity contribution in [2.24, 2.45) is 0 Å². The third-order valence-corrected chi connectivity index (χ3v) is 4.07. The van der Waals surface area contributed by atoms with Crippen molar-refractivity contribution in [1.29, 1.82) is 0 Å². The van der Waals surface area contributed by atoms with Gasteiger partial charge in [-0.05, 0) is 6.42 Å². The maximum atomic E-state index is 10.4. The van der Waals surface area contributed by atoms with Crippen molar-refractivity contribution in [3.63, 3.8) is 0 Å². The molecule has 20 heavy (non-hydrogen) atoms. The molecule has 0 radical (unpaired) electrons. The Balaban J connectivity index is 2.49. The topological polar surface area (TPSA) is 110 Å². The van der Waals surface area contributed by atoms with E-state index in [9.17, 15) is 20.4 Å². The van der Waals surface area contributed by atoms with Gasteiger partial charge in [-0.15, -0.1) is 0 Å². The Kier molecular flexibility index (Phi) is 7.36. The molecule has 5 atom stereocenters. The SMILES string of the molecule is CCCCCCCC[C@]1(O)[C@H](O)[C@@H](CO)O[C@H](O)[C@@H]1O. The molecule has 0 aromatic heterocycles. The summed E-state index contributed by atoms with van der Waals surface area (Å²) in [6.07, 6.45) is 0.526. The van der Waals surface area contributed by atoms with Crippen molar-refractivity contribution >= 4 is 0 Å². The first-order valence-electron chi connectivity index (χ1n) is 7.50. The maximum Gasteiger partial charge on any atom is 0.184 e. The summed E-state index contributed by atoms with van der Waals surface area (Å²) in [5.74, 6) is 0. The van der Waals surface area contributed by atoms with Crippen molar-refractivity contribution in [2.75, 3.05) is 6.61 Å². The van der Waals surface area contributed by atoms with Crippen molar-refractivity contribution in [3.05, 3.63) is 0 Å². The van der Waals surface area contributed by atoms with Gasteiger partial charge in [0.05, 0.1) is 6.61 Å². The highest BCUT2D eigenvalue weighted by Gasteiger charge is 2.53. The molecule has 0 amide bonds. The van der Waals surface area contributed by atoms with Crippen LogP contribution in [0.5, 0.6) is 0 Å². The molecule has 1 saturated heterocycles. The number of rotatable bonds is 8. The molecule has 0 bridgehead atoms. The summed E-state index contributed by atoms with van der Waals surface area (Å²) in [6, 6.07) is 0.